The third kappa shape index (κ3) is 5.94. The van der Waals surface area contributed by atoms with E-state index in [0.717, 1.165) is 17.6 Å². The molecule has 3 aromatic heterocycles. The second kappa shape index (κ2) is 10.4. The lowest BCUT2D eigenvalue weighted by Gasteiger charge is -2.08. The van der Waals surface area contributed by atoms with E-state index < -0.39 is 0 Å². The predicted octanol–water partition coefficient (Wildman–Crippen LogP) is 2.27. The van der Waals surface area contributed by atoms with Crippen molar-refractivity contribution in [2.24, 2.45) is 5.92 Å². The fraction of sp³-hybridized carbons (Fsp3) is 0.417. The normalized spacial score (nSPS) is 13.5. The molecule has 0 aliphatic heterocycles. The molecular formula is C24H29N7O3. The van der Waals surface area contributed by atoms with Crippen molar-refractivity contribution >= 4 is 28.7 Å². The third-order valence-corrected chi connectivity index (χ3v) is 5.69. The number of nitrogens with one attached hydrogen (secondary N) is 2. The molecule has 10 nitrogen and oxygen atoms in total. The van der Waals surface area contributed by atoms with Gasteiger partial charge in [0.25, 0.3) is 5.56 Å². The topological polar surface area (TPSA) is 126 Å². The number of hydrogen-bond donors (Lipinski definition) is 2. The molecule has 0 radical (unpaired) electrons. The van der Waals surface area contributed by atoms with Crippen molar-refractivity contribution in [2.75, 3.05) is 19.4 Å². The Bertz CT molecular complexity index is 1270. The standard InChI is InChI=1S/C24H29N7O3/c1-30(2)21(33)9-5-3-4-8-20(32)27-17-7-6-12-31(24(17)34)14-19-28-22-18(13-16-10-11-16)25-15-26-23(22)29-19/h5-7,9,12,15-16H,3-4,8,10-11,13-14H2,1-2H3,(H,27,32)(H,25,26,28,29)/b9-5+. The molecule has 2 N–H and O–H groups in total. The van der Waals surface area contributed by atoms with E-state index in [9.17, 15) is 14.4 Å². The highest BCUT2D eigenvalue weighted by molar-refractivity contribution is 5.90. The Morgan fingerprint density at radius 2 is 2.12 bits per heavy atom. The molecule has 1 saturated carbocycles. The number of allylic oxidation sites excluding steroid dienone is 1. The van der Waals surface area contributed by atoms with Gasteiger partial charge in [-0.3, -0.25) is 14.4 Å². The largest absolute Gasteiger partial charge is 0.345 e. The second-order valence-electron chi connectivity index (χ2n) is 8.78. The van der Waals surface area contributed by atoms with E-state index >= 15 is 0 Å². The van der Waals surface area contributed by atoms with E-state index in [2.05, 4.69) is 25.3 Å². The highest BCUT2D eigenvalue weighted by Crippen LogP contribution is 2.33. The maximum atomic E-state index is 12.9. The van der Waals surface area contributed by atoms with Gasteiger partial charge >= 0.3 is 0 Å². The summed E-state index contributed by atoms with van der Waals surface area (Å²) in [5, 5.41) is 2.69. The summed E-state index contributed by atoms with van der Waals surface area (Å²) in [6.07, 6.45) is 11.2. The summed E-state index contributed by atoms with van der Waals surface area (Å²) >= 11 is 0. The number of aromatic nitrogens is 5. The van der Waals surface area contributed by atoms with Crippen LogP contribution in [0.5, 0.6) is 0 Å². The van der Waals surface area contributed by atoms with Gasteiger partial charge in [-0.15, -0.1) is 0 Å². The number of likely N-dealkylation sites (N-methyl/N-ethyl adjacent to an activating group) is 1. The molecule has 0 aromatic carbocycles. The second-order valence-corrected chi connectivity index (χ2v) is 8.78. The first-order valence-electron chi connectivity index (χ1n) is 11.5. The lowest BCUT2D eigenvalue weighted by atomic mass is 10.2. The number of H-pyrrole nitrogens is 1. The minimum atomic E-state index is -0.308. The van der Waals surface area contributed by atoms with Crippen molar-refractivity contribution in [2.45, 2.75) is 45.1 Å². The van der Waals surface area contributed by atoms with E-state index in [1.54, 1.807) is 38.5 Å². The molecule has 178 valence electrons. The number of carbonyl (C=O) groups is 2. The molecule has 2 amide bonds. The highest BCUT2D eigenvalue weighted by atomic mass is 16.2. The van der Waals surface area contributed by atoms with Crippen molar-refractivity contribution in [3.63, 3.8) is 0 Å². The molecule has 0 atom stereocenters. The number of pyridine rings is 1. The highest BCUT2D eigenvalue weighted by Gasteiger charge is 2.24. The quantitative estimate of drug-likeness (QED) is 0.351. The summed E-state index contributed by atoms with van der Waals surface area (Å²) in [5.74, 6) is 0.956. The lowest BCUT2D eigenvalue weighted by molar-refractivity contribution is -0.123. The minimum absolute atomic E-state index is 0.0927. The third-order valence-electron chi connectivity index (χ3n) is 5.69. The smallest absolute Gasteiger partial charge is 0.274 e. The van der Waals surface area contributed by atoms with Gasteiger partial charge in [-0.2, -0.15) is 0 Å². The molecule has 0 spiro atoms. The van der Waals surface area contributed by atoms with Gasteiger partial charge < -0.3 is 19.8 Å². The van der Waals surface area contributed by atoms with Crippen LogP contribution in [0.15, 0.2) is 41.6 Å². The molecular weight excluding hydrogens is 434 g/mol. The van der Waals surface area contributed by atoms with Gasteiger partial charge in [0, 0.05) is 26.7 Å². The van der Waals surface area contributed by atoms with Gasteiger partial charge in [-0.1, -0.05) is 6.08 Å². The Hall–Kier alpha value is -3.82. The van der Waals surface area contributed by atoms with Crippen molar-refractivity contribution in [1.29, 1.82) is 0 Å². The fourth-order valence-corrected chi connectivity index (χ4v) is 3.59. The van der Waals surface area contributed by atoms with E-state index in [-0.39, 0.29) is 36.0 Å². The van der Waals surface area contributed by atoms with Crippen LogP contribution in [0, 0.1) is 5.92 Å². The van der Waals surface area contributed by atoms with Crippen LogP contribution < -0.4 is 10.9 Å². The van der Waals surface area contributed by atoms with E-state index in [1.807, 2.05) is 0 Å². The van der Waals surface area contributed by atoms with Crippen LogP contribution in [0.4, 0.5) is 5.69 Å². The fourth-order valence-electron chi connectivity index (χ4n) is 3.59. The minimum Gasteiger partial charge on any atom is -0.345 e. The zero-order chi connectivity index (χ0) is 24.1. The van der Waals surface area contributed by atoms with Gasteiger partial charge in [0.2, 0.25) is 11.8 Å². The Morgan fingerprint density at radius 3 is 2.88 bits per heavy atom. The Balaban J connectivity index is 1.37. The number of anilines is 1. The Labute approximate surface area is 197 Å². The monoisotopic (exact) mass is 463 g/mol. The zero-order valence-corrected chi connectivity index (χ0v) is 19.5. The number of fused-ring (bicyclic) bond motifs is 1. The number of amides is 2. The van der Waals surface area contributed by atoms with Crippen LogP contribution in [0.25, 0.3) is 11.2 Å². The molecule has 34 heavy (non-hydrogen) atoms. The van der Waals surface area contributed by atoms with E-state index in [1.165, 1.54) is 34.7 Å². The average Bonchev–Trinajstić information content (AvgIpc) is 3.52. The Morgan fingerprint density at radius 1 is 1.29 bits per heavy atom. The van der Waals surface area contributed by atoms with Gasteiger partial charge in [-0.05, 0) is 56.2 Å². The van der Waals surface area contributed by atoms with Crippen molar-refractivity contribution in [1.82, 2.24) is 29.4 Å². The van der Waals surface area contributed by atoms with Crippen LogP contribution in [-0.4, -0.2) is 55.3 Å². The number of aromatic amines is 1. The summed E-state index contributed by atoms with van der Waals surface area (Å²) in [4.78, 5) is 54.6. The number of nitrogens with zero attached hydrogens (tertiary/aromatic N) is 5. The van der Waals surface area contributed by atoms with Gasteiger partial charge in [0.1, 0.15) is 23.4 Å². The summed E-state index contributed by atoms with van der Waals surface area (Å²) in [5.41, 5.74) is 2.29. The molecule has 3 heterocycles. The molecule has 3 aromatic rings. The van der Waals surface area contributed by atoms with E-state index in [0.29, 0.717) is 30.2 Å². The lowest BCUT2D eigenvalue weighted by Crippen LogP contribution is -2.26. The Kier molecular flexibility index (Phi) is 7.15. The number of imidazole rings is 1. The van der Waals surface area contributed by atoms with Crippen LogP contribution >= 0.6 is 0 Å². The maximum absolute atomic E-state index is 12.9. The first-order chi connectivity index (χ1) is 16.4. The first kappa shape index (κ1) is 23.3. The van der Waals surface area contributed by atoms with Crippen molar-refractivity contribution in [3.8, 4) is 0 Å². The summed E-state index contributed by atoms with van der Waals surface area (Å²) in [6, 6.07) is 3.30. The number of rotatable bonds is 10. The SMILES string of the molecule is CN(C)C(=O)/C=C/CCCC(=O)Nc1cccn(Cc2nc3ncnc(CC4CC4)c3[nH]2)c1=O. The van der Waals surface area contributed by atoms with E-state index in [4.69, 9.17) is 0 Å². The van der Waals surface area contributed by atoms with Crippen LogP contribution in [-0.2, 0) is 22.6 Å². The summed E-state index contributed by atoms with van der Waals surface area (Å²) in [6.45, 7) is 0.229. The van der Waals surface area contributed by atoms with Crippen molar-refractivity contribution in [3.05, 3.63) is 58.7 Å². The van der Waals surface area contributed by atoms with Crippen molar-refractivity contribution < 1.29 is 9.59 Å². The summed E-state index contributed by atoms with van der Waals surface area (Å²) < 4.78 is 1.50. The maximum Gasteiger partial charge on any atom is 0.274 e. The van der Waals surface area contributed by atoms with Gasteiger partial charge in [0.05, 0.1) is 12.2 Å². The van der Waals surface area contributed by atoms with Gasteiger partial charge in [0.15, 0.2) is 5.65 Å². The number of hydrogen-bond acceptors (Lipinski definition) is 6. The van der Waals surface area contributed by atoms with Crippen LogP contribution in [0.3, 0.4) is 0 Å². The number of carbonyl (C=O) groups excluding carboxylic acids is 2. The summed E-state index contributed by atoms with van der Waals surface area (Å²) in [7, 11) is 3.36. The molecule has 10 heteroatoms. The zero-order valence-electron chi connectivity index (χ0n) is 19.5. The molecule has 4 rings (SSSR count). The predicted molar refractivity (Wildman–Crippen MR) is 128 cm³/mol. The van der Waals surface area contributed by atoms with Gasteiger partial charge in [-0.25, -0.2) is 15.0 Å². The molecule has 0 bridgehead atoms. The first-order valence-corrected chi connectivity index (χ1v) is 11.5. The van der Waals surface area contributed by atoms with Crippen LogP contribution in [0.1, 0.15) is 43.6 Å². The number of unbranched alkanes of at least 4 members (excludes halogenated alkanes) is 1. The molecule has 0 unspecified atom stereocenters. The molecule has 0 saturated heterocycles. The average molecular weight is 464 g/mol. The molecule has 1 aliphatic rings. The van der Waals surface area contributed by atoms with Crippen LogP contribution in [0.2, 0.25) is 0 Å². The molecule has 1 aliphatic carbocycles. The molecule has 1 fully saturated rings.